The highest BCUT2D eigenvalue weighted by Crippen LogP contribution is 2.51. The molecule has 0 saturated heterocycles. The van der Waals surface area contributed by atoms with Gasteiger partial charge in [-0.05, 0) is 54.3 Å². The Balaban J connectivity index is 1.60. The molecule has 182 valence electrons. The van der Waals surface area contributed by atoms with Gasteiger partial charge >= 0.3 is 0 Å². The number of carbonyl (C=O) groups is 2. The number of nitrogens with one attached hydrogen (secondary N) is 1. The van der Waals surface area contributed by atoms with Gasteiger partial charge in [-0.1, -0.05) is 67.6 Å². The first kappa shape index (κ1) is 23.9. The van der Waals surface area contributed by atoms with Gasteiger partial charge in [0.2, 0.25) is 0 Å². The molecule has 1 fully saturated rings. The van der Waals surface area contributed by atoms with Crippen molar-refractivity contribution in [3.63, 3.8) is 0 Å². The lowest BCUT2D eigenvalue weighted by atomic mass is 9.80. The zero-order valence-electron chi connectivity index (χ0n) is 20.0. The number of fused-ring (bicyclic) bond motifs is 2. The first-order valence-electron chi connectivity index (χ1n) is 11.9. The summed E-state index contributed by atoms with van der Waals surface area (Å²) in [6.07, 6.45) is 1.68. The standard InChI is InChI=1S/C29H26N2O4S/c1-18-11-9-10-16-22(18)25-19(2)23-17-24(30-29(33)20-12-5-3-6-13-20)28(32)26(25)27(23)31-36(34,35)21-14-7-4-8-15-21/h3-17,19,23,25-26H,1-2H3,(H,30,33)/b31-27+/t19-,23-,25-,26+/m0/s1. The summed E-state index contributed by atoms with van der Waals surface area (Å²) in [4.78, 5) is 26.8. The molecule has 7 heteroatoms. The van der Waals surface area contributed by atoms with E-state index in [1.165, 1.54) is 12.1 Å². The summed E-state index contributed by atoms with van der Waals surface area (Å²) in [5.74, 6) is -2.28. The maximum atomic E-state index is 13.9. The number of nitrogens with zero attached hydrogens (tertiary/aromatic N) is 1. The van der Waals surface area contributed by atoms with Crippen LogP contribution < -0.4 is 5.32 Å². The van der Waals surface area contributed by atoms with Gasteiger partial charge in [0, 0.05) is 17.4 Å². The Kier molecular flexibility index (Phi) is 6.18. The van der Waals surface area contributed by atoms with Crippen LogP contribution in [0.15, 0.2) is 106 Å². The van der Waals surface area contributed by atoms with E-state index in [4.69, 9.17) is 0 Å². The second-order valence-electron chi connectivity index (χ2n) is 9.31. The molecule has 0 radical (unpaired) electrons. The van der Waals surface area contributed by atoms with Crippen LogP contribution in [-0.4, -0.2) is 25.8 Å². The number of hydrogen-bond donors (Lipinski definition) is 1. The quantitative estimate of drug-likeness (QED) is 0.553. The van der Waals surface area contributed by atoms with Crippen molar-refractivity contribution < 1.29 is 18.0 Å². The zero-order valence-corrected chi connectivity index (χ0v) is 20.8. The Hall–Kier alpha value is -3.84. The molecule has 0 spiro atoms. The first-order chi connectivity index (χ1) is 17.3. The maximum Gasteiger partial charge on any atom is 0.282 e. The second kappa shape index (κ2) is 9.32. The van der Waals surface area contributed by atoms with Crippen molar-refractivity contribution in [2.75, 3.05) is 0 Å². The number of hydrogen-bond acceptors (Lipinski definition) is 4. The van der Waals surface area contributed by atoms with E-state index in [1.54, 1.807) is 48.5 Å². The topological polar surface area (TPSA) is 92.7 Å². The normalized spacial score (nSPS) is 24.4. The third-order valence-corrected chi connectivity index (χ3v) is 8.46. The van der Waals surface area contributed by atoms with E-state index in [9.17, 15) is 18.0 Å². The van der Waals surface area contributed by atoms with Crippen molar-refractivity contribution in [3.8, 4) is 0 Å². The van der Waals surface area contributed by atoms with Crippen LogP contribution in [0.2, 0.25) is 0 Å². The molecule has 1 saturated carbocycles. The lowest BCUT2D eigenvalue weighted by Crippen LogP contribution is -2.38. The van der Waals surface area contributed by atoms with Crippen LogP contribution in [0, 0.1) is 24.7 Å². The SMILES string of the molecule is Cc1ccccc1[C@@H]1[C@@H](C)[C@@H]2C=C(NC(=O)c3ccccc3)C(=O)[C@H]1/C2=N/S(=O)(=O)c1ccccc1. The highest BCUT2D eigenvalue weighted by molar-refractivity contribution is 7.90. The minimum atomic E-state index is -4.01. The van der Waals surface area contributed by atoms with Crippen molar-refractivity contribution in [2.24, 2.45) is 22.2 Å². The molecule has 0 aliphatic heterocycles. The predicted octanol–water partition coefficient (Wildman–Crippen LogP) is 4.69. The van der Waals surface area contributed by atoms with Crippen LogP contribution >= 0.6 is 0 Å². The number of Topliss-reactive ketones (excluding diaryl/α,β-unsaturated/α-hetero) is 1. The van der Waals surface area contributed by atoms with E-state index in [1.807, 2.05) is 44.2 Å². The minimum absolute atomic E-state index is 0.0802. The third kappa shape index (κ3) is 4.20. The van der Waals surface area contributed by atoms with Gasteiger partial charge in [-0.15, -0.1) is 0 Å². The van der Waals surface area contributed by atoms with Gasteiger partial charge < -0.3 is 5.32 Å². The van der Waals surface area contributed by atoms with E-state index < -0.39 is 21.9 Å². The minimum Gasteiger partial charge on any atom is -0.319 e. The second-order valence-corrected chi connectivity index (χ2v) is 10.9. The number of benzene rings is 3. The van der Waals surface area contributed by atoms with Gasteiger partial charge in [0.1, 0.15) is 0 Å². The van der Waals surface area contributed by atoms with Gasteiger partial charge in [-0.2, -0.15) is 12.8 Å². The number of sulfonamides is 1. The van der Waals surface area contributed by atoms with E-state index in [2.05, 4.69) is 9.71 Å². The number of aryl methyl sites for hydroxylation is 1. The highest BCUT2D eigenvalue weighted by atomic mass is 32.2. The average molecular weight is 499 g/mol. The average Bonchev–Trinajstić information content (AvgIpc) is 3.08. The first-order valence-corrected chi connectivity index (χ1v) is 13.3. The van der Waals surface area contributed by atoms with Gasteiger partial charge in [-0.25, -0.2) is 0 Å². The van der Waals surface area contributed by atoms with Crippen molar-refractivity contribution in [1.29, 1.82) is 0 Å². The predicted molar refractivity (Wildman–Crippen MR) is 138 cm³/mol. The van der Waals surface area contributed by atoms with E-state index in [0.717, 1.165) is 11.1 Å². The molecule has 3 aromatic carbocycles. The van der Waals surface area contributed by atoms with Crippen molar-refractivity contribution in [1.82, 2.24) is 5.32 Å². The van der Waals surface area contributed by atoms with Crippen LogP contribution in [0.25, 0.3) is 0 Å². The molecule has 1 N–H and O–H groups in total. The Morgan fingerprint density at radius 1 is 0.889 bits per heavy atom. The molecule has 36 heavy (non-hydrogen) atoms. The smallest absolute Gasteiger partial charge is 0.282 e. The molecule has 2 aliphatic rings. The molecule has 0 heterocycles. The lowest BCUT2D eigenvalue weighted by molar-refractivity contribution is -0.118. The fraction of sp³-hybridized carbons (Fsp3) is 0.207. The fourth-order valence-corrected chi connectivity index (χ4v) is 6.48. The monoisotopic (exact) mass is 498 g/mol. The van der Waals surface area contributed by atoms with Crippen LogP contribution in [0.1, 0.15) is 34.3 Å². The van der Waals surface area contributed by atoms with Crippen LogP contribution in [0.4, 0.5) is 0 Å². The van der Waals surface area contributed by atoms with Gasteiger partial charge in [0.25, 0.3) is 15.9 Å². The van der Waals surface area contributed by atoms with Crippen LogP contribution in [0.5, 0.6) is 0 Å². The largest absolute Gasteiger partial charge is 0.319 e. The lowest BCUT2D eigenvalue weighted by Gasteiger charge is -2.25. The van der Waals surface area contributed by atoms with Crippen LogP contribution in [0.3, 0.4) is 0 Å². The number of carbonyl (C=O) groups excluding carboxylic acids is 2. The summed E-state index contributed by atoms with van der Waals surface area (Å²) in [7, 11) is -4.01. The molecular formula is C29H26N2O4S. The highest BCUT2D eigenvalue weighted by Gasteiger charge is 2.53. The molecule has 0 aromatic heterocycles. The van der Waals surface area contributed by atoms with Crippen molar-refractivity contribution in [2.45, 2.75) is 24.7 Å². The number of ketones is 1. The molecule has 3 aromatic rings. The van der Waals surface area contributed by atoms with Crippen molar-refractivity contribution in [3.05, 3.63) is 113 Å². The number of amides is 1. The maximum absolute atomic E-state index is 13.9. The Morgan fingerprint density at radius 2 is 1.50 bits per heavy atom. The Bertz CT molecular complexity index is 1490. The molecule has 2 aliphatic carbocycles. The zero-order chi connectivity index (χ0) is 25.4. The van der Waals surface area contributed by atoms with Crippen LogP contribution in [-0.2, 0) is 14.8 Å². The van der Waals surface area contributed by atoms with Gasteiger partial charge in [0.15, 0.2) is 5.78 Å². The molecule has 4 atom stereocenters. The van der Waals surface area contributed by atoms with E-state index in [0.29, 0.717) is 11.3 Å². The van der Waals surface area contributed by atoms with Crippen molar-refractivity contribution >= 4 is 27.4 Å². The Morgan fingerprint density at radius 3 is 2.17 bits per heavy atom. The van der Waals surface area contributed by atoms with Gasteiger partial charge in [-0.3, -0.25) is 9.59 Å². The summed E-state index contributed by atoms with van der Waals surface area (Å²) in [6.45, 7) is 4.00. The number of allylic oxidation sites excluding steroid dienone is 2. The molecule has 2 bridgehead atoms. The third-order valence-electron chi connectivity index (χ3n) is 7.14. The molecule has 0 unspecified atom stereocenters. The summed E-state index contributed by atoms with van der Waals surface area (Å²) in [5.41, 5.74) is 2.97. The molecule has 5 rings (SSSR count). The summed E-state index contributed by atoms with van der Waals surface area (Å²) >= 11 is 0. The molecular weight excluding hydrogens is 472 g/mol. The summed E-state index contributed by atoms with van der Waals surface area (Å²) in [6, 6.07) is 24.5. The molecule has 1 amide bonds. The Labute approximate surface area is 210 Å². The van der Waals surface area contributed by atoms with E-state index >= 15 is 0 Å². The number of rotatable bonds is 5. The molecule has 6 nitrogen and oxygen atoms in total. The summed E-state index contributed by atoms with van der Waals surface area (Å²) < 4.78 is 30.6. The van der Waals surface area contributed by atoms with E-state index in [-0.39, 0.29) is 34.1 Å². The summed E-state index contributed by atoms with van der Waals surface area (Å²) in [5, 5.41) is 2.78. The fourth-order valence-electron chi connectivity index (χ4n) is 5.36. The van der Waals surface area contributed by atoms with Gasteiger partial charge in [0.05, 0.1) is 22.2 Å².